The van der Waals surface area contributed by atoms with Crippen LogP contribution in [0.1, 0.15) is 12.8 Å². The van der Waals surface area contributed by atoms with Crippen molar-refractivity contribution in [3.05, 3.63) is 36.4 Å². The highest BCUT2D eigenvalue weighted by molar-refractivity contribution is 6.05. The van der Waals surface area contributed by atoms with Gasteiger partial charge in [-0.05, 0) is 36.8 Å². The van der Waals surface area contributed by atoms with Crippen LogP contribution in [0.3, 0.4) is 0 Å². The van der Waals surface area contributed by atoms with Crippen molar-refractivity contribution in [1.29, 1.82) is 0 Å². The predicted octanol–water partition coefficient (Wildman–Crippen LogP) is 2.29. The van der Waals surface area contributed by atoms with Gasteiger partial charge in [-0.15, -0.1) is 0 Å². The summed E-state index contributed by atoms with van der Waals surface area (Å²) < 4.78 is 18.0. The zero-order valence-electron chi connectivity index (χ0n) is 18.2. The Bertz CT molecular complexity index is 856. The maximum Gasteiger partial charge on any atom is 0.258 e. The maximum absolute atomic E-state index is 12.6. The summed E-state index contributed by atoms with van der Waals surface area (Å²) in [6.07, 6.45) is 5.87. The largest absolute Gasteiger partial charge is 0.489 e. The van der Waals surface area contributed by atoms with E-state index in [0.717, 1.165) is 62.1 Å². The van der Waals surface area contributed by atoms with Crippen LogP contribution >= 0.6 is 0 Å². The molecule has 1 aromatic carbocycles. The molecule has 172 valence electrons. The molecule has 8 heteroatoms. The summed E-state index contributed by atoms with van der Waals surface area (Å²) in [6.45, 7) is 4.30. The number of carbonyl (C=O) groups excluding carboxylic acids is 2. The summed E-state index contributed by atoms with van der Waals surface area (Å²) >= 11 is 0. The molecule has 2 saturated heterocycles. The van der Waals surface area contributed by atoms with E-state index in [1.54, 1.807) is 0 Å². The first-order valence-electron chi connectivity index (χ1n) is 11.6. The summed E-state index contributed by atoms with van der Waals surface area (Å²) in [4.78, 5) is 35.6. The van der Waals surface area contributed by atoms with Crippen LogP contribution in [-0.4, -0.2) is 74.4 Å². The average Bonchev–Trinajstić information content (AvgIpc) is 3.50. The van der Waals surface area contributed by atoms with E-state index in [1.807, 2.05) is 24.3 Å². The van der Waals surface area contributed by atoms with Gasteiger partial charge in [-0.1, -0.05) is 24.3 Å². The number of carbonyl (C=O) groups is 2. The molecule has 5 rings (SSSR count). The number of hydrogen-bond donors (Lipinski definition) is 0. The standard InChI is InChI=1S/C24H30FN3O4/c25-8-15-31-20-5-2-1-4-19(20)27-12-10-26(11-13-27)9-3-14-32-28-23(29)21-17-6-7-18(16-17)22(21)24(28)30/h1-2,4-7,17-18,21-22H,3,8-16H2. The van der Waals surface area contributed by atoms with Gasteiger partial charge in [0.05, 0.1) is 24.1 Å². The summed E-state index contributed by atoms with van der Waals surface area (Å²) in [5.74, 6) is 0.418. The molecule has 2 aliphatic heterocycles. The van der Waals surface area contributed by atoms with Crippen LogP contribution in [0.4, 0.5) is 10.1 Å². The number of imide groups is 1. The summed E-state index contributed by atoms with van der Waals surface area (Å²) in [5, 5.41) is 1.05. The molecule has 2 amide bonds. The summed E-state index contributed by atoms with van der Waals surface area (Å²) in [5.41, 5.74) is 1.00. The Hall–Kier alpha value is -2.45. The first kappa shape index (κ1) is 21.4. The van der Waals surface area contributed by atoms with Crippen LogP contribution in [0.15, 0.2) is 36.4 Å². The van der Waals surface area contributed by atoms with Gasteiger partial charge in [0.15, 0.2) is 0 Å². The van der Waals surface area contributed by atoms with Crippen molar-refractivity contribution in [2.45, 2.75) is 12.8 Å². The quantitative estimate of drug-likeness (QED) is 0.332. The number of allylic oxidation sites excluding steroid dienone is 2. The molecular formula is C24H30FN3O4. The number of hydrogen-bond acceptors (Lipinski definition) is 6. The highest BCUT2D eigenvalue weighted by Gasteiger charge is 2.60. The zero-order valence-corrected chi connectivity index (χ0v) is 18.2. The van der Waals surface area contributed by atoms with E-state index in [-0.39, 0.29) is 42.1 Å². The number of benzene rings is 1. The number of nitrogens with zero attached hydrogens (tertiary/aromatic N) is 3. The number of rotatable bonds is 9. The van der Waals surface area contributed by atoms with E-state index in [4.69, 9.17) is 9.57 Å². The predicted molar refractivity (Wildman–Crippen MR) is 117 cm³/mol. The highest BCUT2D eigenvalue weighted by atomic mass is 19.1. The fourth-order valence-electron chi connectivity index (χ4n) is 5.65. The van der Waals surface area contributed by atoms with Crippen molar-refractivity contribution in [3.8, 4) is 5.75 Å². The molecule has 4 unspecified atom stereocenters. The van der Waals surface area contributed by atoms with Gasteiger partial charge in [0.1, 0.15) is 19.0 Å². The number of anilines is 1. The number of ether oxygens (including phenoxy) is 1. The Morgan fingerprint density at radius 3 is 2.31 bits per heavy atom. The Labute approximate surface area is 187 Å². The summed E-state index contributed by atoms with van der Waals surface area (Å²) in [7, 11) is 0. The van der Waals surface area contributed by atoms with E-state index >= 15 is 0 Å². The third kappa shape index (κ3) is 3.90. The lowest BCUT2D eigenvalue weighted by atomic mass is 9.85. The smallest absolute Gasteiger partial charge is 0.258 e. The highest BCUT2D eigenvalue weighted by Crippen LogP contribution is 2.52. The number of amides is 2. The van der Waals surface area contributed by atoms with E-state index in [9.17, 15) is 14.0 Å². The lowest BCUT2D eigenvalue weighted by Gasteiger charge is -2.36. The molecule has 4 aliphatic rings. The van der Waals surface area contributed by atoms with Gasteiger partial charge in [0.25, 0.3) is 11.8 Å². The van der Waals surface area contributed by atoms with Gasteiger partial charge < -0.3 is 9.64 Å². The molecule has 0 aromatic heterocycles. The van der Waals surface area contributed by atoms with Crippen LogP contribution < -0.4 is 9.64 Å². The monoisotopic (exact) mass is 443 g/mol. The molecule has 2 aliphatic carbocycles. The average molecular weight is 444 g/mol. The van der Waals surface area contributed by atoms with Crippen molar-refractivity contribution < 1.29 is 23.6 Å². The minimum Gasteiger partial charge on any atom is -0.489 e. The zero-order chi connectivity index (χ0) is 22.1. The van der Waals surface area contributed by atoms with Crippen molar-refractivity contribution in [2.24, 2.45) is 23.7 Å². The molecular weight excluding hydrogens is 413 g/mol. The molecule has 2 bridgehead atoms. The van der Waals surface area contributed by atoms with Gasteiger partial charge in [0, 0.05) is 32.7 Å². The topological polar surface area (TPSA) is 62.3 Å². The number of piperazine rings is 1. The van der Waals surface area contributed by atoms with Crippen LogP contribution in [0.5, 0.6) is 5.75 Å². The Morgan fingerprint density at radius 1 is 0.938 bits per heavy atom. The minimum absolute atomic E-state index is 0.0678. The van der Waals surface area contributed by atoms with E-state index in [0.29, 0.717) is 6.61 Å². The number of alkyl halides is 1. The normalized spacial score (nSPS) is 29.3. The lowest BCUT2D eigenvalue weighted by Crippen LogP contribution is -2.47. The first-order chi connectivity index (χ1) is 15.7. The SMILES string of the molecule is O=C1C2C3C=CC(C3)C2C(=O)N1OCCCN1CCN(c2ccccc2OCCF)CC1. The molecule has 0 N–H and O–H groups in total. The number of para-hydroxylation sites is 2. The number of hydroxylamine groups is 2. The van der Waals surface area contributed by atoms with Crippen molar-refractivity contribution in [2.75, 3.05) is 57.5 Å². The van der Waals surface area contributed by atoms with Gasteiger partial charge in [0.2, 0.25) is 0 Å². The Morgan fingerprint density at radius 2 is 1.62 bits per heavy atom. The minimum atomic E-state index is -0.502. The number of halogens is 1. The molecule has 3 fully saturated rings. The lowest BCUT2D eigenvalue weighted by molar-refractivity contribution is -0.190. The second-order valence-electron chi connectivity index (χ2n) is 8.99. The Balaban J connectivity index is 1.05. The van der Waals surface area contributed by atoms with Crippen LogP contribution in [0, 0.1) is 23.7 Å². The molecule has 32 heavy (non-hydrogen) atoms. The molecule has 4 atom stereocenters. The third-order valence-electron chi connectivity index (χ3n) is 7.18. The molecule has 0 spiro atoms. The van der Waals surface area contributed by atoms with E-state index < -0.39 is 6.67 Å². The molecule has 2 heterocycles. The van der Waals surface area contributed by atoms with Gasteiger partial charge in [-0.25, -0.2) is 4.39 Å². The fourth-order valence-corrected chi connectivity index (χ4v) is 5.65. The first-order valence-corrected chi connectivity index (χ1v) is 11.6. The van der Waals surface area contributed by atoms with Gasteiger partial charge >= 0.3 is 0 Å². The van der Waals surface area contributed by atoms with Crippen molar-refractivity contribution in [1.82, 2.24) is 9.96 Å². The molecule has 1 saturated carbocycles. The van der Waals surface area contributed by atoms with E-state index in [1.165, 1.54) is 0 Å². The second kappa shape index (κ2) is 9.19. The van der Waals surface area contributed by atoms with E-state index in [2.05, 4.69) is 22.0 Å². The van der Waals surface area contributed by atoms with Crippen molar-refractivity contribution in [3.63, 3.8) is 0 Å². The maximum atomic E-state index is 12.6. The van der Waals surface area contributed by atoms with Gasteiger partial charge in [-0.2, -0.15) is 5.06 Å². The van der Waals surface area contributed by atoms with Crippen LogP contribution in [0.25, 0.3) is 0 Å². The fraction of sp³-hybridized carbons (Fsp3) is 0.583. The molecule has 1 aromatic rings. The number of fused-ring (bicyclic) bond motifs is 5. The Kier molecular flexibility index (Phi) is 6.15. The van der Waals surface area contributed by atoms with Gasteiger partial charge in [-0.3, -0.25) is 19.3 Å². The second-order valence-corrected chi connectivity index (χ2v) is 8.99. The van der Waals surface area contributed by atoms with Crippen molar-refractivity contribution >= 4 is 17.5 Å². The summed E-state index contributed by atoms with van der Waals surface area (Å²) in [6, 6.07) is 7.76. The van der Waals surface area contributed by atoms with Crippen LogP contribution in [0.2, 0.25) is 0 Å². The van der Waals surface area contributed by atoms with Crippen LogP contribution in [-0.2, 0) is 14.4 Å². The molecule has 7 nitrogen and oxygen atoms in total. The third-order valence-corrected chi connectivity index (χ3v) is 7.18. The molecule has 0 radical (unpaired) electrons.